The molecule has 0 saturated carbocycles. The minimum Gasteiger partial charge on any atom is -0.289 e. The van der Waals surface area contributed by atoms with Gasteiger partial charge in [0.05, 0.1) is 0 Å². The zero-order chi connectivity index (χ0) is 16.8. The number of benzene rings is 2. The van der Waals surface area contributed by atoms with E-state index in [0.29, 0.717) is 26.3 Å². The van der Waals surface area contributed by atoms with Crippen LogP contribution in [0.1, 0.15) is 31.8 Å². The number of nitriles is 2. The lowest BCUT2D eigenvalue weighted by Gasteiger charge is -2.10. The van der Waals surface area contributed by atoms with Crippen molar-refractivity contribution in [2.24, 2.45) is 0 Å². The number of allylic oxidation sites excluding steroid dienone is 2. The quantitative estimate of drug-likeness (QED) is 0.752. The fourth-order valence-electron chi connectivity index (χ4n) is 3.15. The second-order valence-electron chi connectivity index (χ2n) is 5.18. The summed E-state index contributed by atoms with van der Waals surface area (Å²) >= 11 is 1.98. The molecule has 0 radical (unpaired) electrons. The van der Waals surface area contributed by atoms with Gasteiger partial charge in [0.25, 0.3) is 0 Å². The highest BCUT2D eigenvalue weighted by atomic mass is 32.2. The number of carbonyl (C=O) groups excluding carboxylic acids is 2. The van der Waals surface area contributed by atoms with E-state index in [4.69, 9.17) is 10.5 Å². The number of hydrogen-bond donors (Lipinski definition) is 0. The van der Waals surface area contributed by atoms with Crippen LogP contribution < -0.4 is 0 Å². The van der Waals surface area contributed by atoms with Crippen LogP contribution in [-0.4, -0.2) is 11.6 Å². The first-order chi connectivity index (χ1) is 11.7. The molecule has 2 aliphatic rings. The third-order valence-electron chi connectivity index (χ3n) is 4.07. The van der Waals surface area contributed by atoms with Crippen LogP contribution in [-0.2, 0) is 0 Å². The molecular weight excluding hydrogens is 340 g/mol. The molecule has 0 fully saturated rings. The largest absolute Gasteiger partial charge is 0.289 e. The van der Waals surface area contributed by atoms with E-state index in [1.165, 1.54) is 12.2 Å². The molecule has 2 aliphatic carbocycles. The van der Waals surface area contributed by atoms with Crippen LogP contribution in [0.3, 0.4) is 0 Å². The maximum atomic E-state index is 12.3. The number of thioether (sulfide) groups is 2. The zero-order valence-electron chi connectivity index (χ0n) is 12.0. The van der Waals surface area contributed by atoms with Gasteiger partial charge in [-0.3, -0.25) is 9.59 Å². The van der Waals surface area contributed by atoms with Gasteiger partial charge in [-0.2, -0.15) is 10.5 Å². The first-order valence-corrected chi connectivity index (χ1v) is 8.54. The molecule has 0 aromatic heterocycles. The minimum atomic E-state index is -0.221. The molecule has 112 valence electrons. The maximum Gasteiger partial charge on any atom is 0.186 e. The molecule has 0 N–H and O–H groups in total. The lowest BCUT2D eigenvalue weighted by atomic mass is 9.93. The molecule has 0 spiro atoms. The zero-order valence-corrected chi connectivity index (χ0v) is 13.6. The summed E-state index contributed by atoms with van der Waals surface area (Å²) < 4.78 is 0. The van der Waals surface area contributed by atoms with Crippen LogP contribution in [0.15, 0.2) is 36.4 Å². The van der Waals surface area contributed by atoms with Gasteiger partial charge in [-0.1, -0.05) is 12.1 Å². The highest BCUT2D eigenvalue weighted by Crippen LogP contribution is 2.52. The van der Waals surface area contributed by atoms with Crippen molar-refractivity contribution in [3.63, 3.8) is 0 Å². The van der Waals surface area contributed by atoms with Crippen molar-refractivity contribution >= 4 is 55.7 Å². The highest BCUT2D eigenvalue weighted by Gasteiger charge is 2.30. The molecule has 0 heterocycles. The Bertz CT molecular complexity index is 1030. The average Bonchev–Trinajstić information content (AvgIpc) is 2.82. The fraction of sp³-hybridized carbons (Fsp3) is 0. The van der Waals surface area contributed by atoms with Gasteiger partial charge < -0.3 is 0 Å². The van der Waals surface area contributed by atoms with Gasteiger partial charge in [-0.15, -0.1) is 0 Å². The number of rotatable bonds is 2. The Hall–Kier alpha value is -2.80. The third-order valence-corrected chi connectivity index (χ3v) is 5.64. The molecular formula is C18H6N2O2S2. The first kappa shape index (κ1) is 14.8. The molecule has 2 aromatic carbocycles. The number of carbonyl (C=O) groups is 2. The van der Waals surface area contributed by atoms with Crippen molar-refractivity contribution in [2.45, 2.75) is 0 Å². The summed E-state index contributed by atoms with van der Waals surface area (Å²) in [7, 11) is 0. The standard InChI is InChI=1S/C18H6N2O2S2/c19-7-23-17-11-3-1-9-13(21)5-6-14(22)10-2-4-12(16(11)15(9)10)18(17)24-8-20/h1-6H. The molecule has 0 amide bonds. The molecule has 0 saturated heterocycles. The van der Waals surface area contributed by atoms with Crippen LogP contribution in [0.2, 0.25) is 0 Å². The predicted molar refractivity (Wildman–Crippen MR) is 95.0 cm³/mol. The van der Waals surface area contributed by atoms with Gasteiger partial charge in [-0.05, 0) is 58.9 Å². The second-order valence-corrected chi connectivity index (χ2v) is 6.77. The Balaban J connectivity index is 2.16. The Labute approximate surface area is 145 Å². The summed E-state index contributed by atoms with van der Waals surface area (Å²) in [6.45, 7) is 0. The Morgan fingerprint density at radius 2 is 1.04 bits per heavy atom. The summed E-state index contributed by atoms with van der Waals surface area (Å²) in [5.74, 6) is -0.441. The minimum absolute atomic E-state index is 0.221. The van der Waals surface area contributed by atoms with Gasteiger partial charge in [0, 0.05) is 31.7 Å². The van der Waals surface area contributed by atoms with E-state index in [9.17, 15) is 9.59 Å². The molecule has 4 nitrogen and oxygen atoms in total. The van der Waals surface area contributed by atoms with Gasteiger partial charge in [0.15, 0.2) is 11.6 Å². The number of nitrogens with zero attached hydrogens (tertiary/aromatic N) is 2. The molecule has 2 aromatic rings. The van der Waals surface area contributed by atoms with Gasteiger partial charge in [-0.25, -0.2) is 0 Å². The van der Waals surface area contributed by atoms with Crippen LogP contribution in [0, 0.1) is 21.3 Å². The van der Waals surface area contributed by atoms with E-state index in [1.807, 2.05) is 0 Å². The Morgan fingerprint density at radius 3 is 1.46 bits per heavy atom. The predicted octanol–water partition coefficient (Wildman–Crippen LogP) is 4.34. The van der Waals surface area contributed by atoms with E-state index < -0.39 is 0 Å². The molecule has 0 atom stereocenters. The number of hydrogen-bond acceptors (Lipinski definition) is 6. The van der Waals surface area contributed by atoms with Crippen LogP contribution >= 0.6 is 23.5 Å². The van der Waals surface area contributed by atoms with E-state index in [-0.39, 0.29) is 11.6 Å². The summed E-state index contributed by atoms with van der Waals surface area (Å²) in [5, 5.41) is 23.7. The number of ketones is 2. The highest BCUT2D eigenvalue weighted by molar-refractivity contribution is 8.17. The summed E-state index contributed by atoms with van der Waals surface area (Å²) in [6.07, 6.45) is 2.58. The summed E-state index contributed by atoms with van der Waals surface area (Å²) in [5.41, 5.74) is 2.52. The van der Waals surface area contributed by atoms with Crippen LogP contribution in [0.5, 0.6) is 0 Å². The summed E-state index contributed by atoms with van der Waals surface area (Å²) in [4.78, 5) is 26.0. The summed E-state index contributed by atoms with van der Waals surface area (Å²) in [6, 6.07) is 6.95. The Kier molecular flexibility index (Phi) is 3.31. The Morgan fingerprint density at radius 1 is 0.667 bits per heavy atom. The van der Waals surface area contributed by atoms with Gasteiger partial charge in [0.2, 0.25) is 0 Å². The van der Waals surface area contributed by atoms with E-state index >= 15 is 0 Å². The molecule has 0 bridgehead atoms. The number of thiocyanates is 2. The van der Waals surface area contributed by atoms with Crippen molar-refractivity contribution < 1.29 is 9.59 Å². The first-order valence-electron chi connectivity index (χ1n) is 6.90. The molecule has 6 heteroatoms. The molecule has 0 aliphatic heterocycles. The van der Waals surface area contributed by atoms with Gasteiger partial charge in [0.1, 0.15) is 10.8 Å². The van der Waals surface area contributed by atoms with Crippen molar-refractivity contribution in [1.29, 1.82) is 10.5 Å². The van der Waals surface area contributed by atoms with E-state index in [0.717, 1.165) is 40.0 Å². The van der Waals surface area contributed by atoms with Gasteiger partial charge >= 0.3 is 0 Å². The van der Waals surface area contributed by atoms with Crippen molar-refractivity contribution in [3.05, 3.63) is 58.7 Å². The SMILES string of the molecule is N#CSC1=C(SC#N)c2ccc3c4c(ccc1c24)C(=O)C=CC3=O. The molecule has 4 rings (SSSR count). The third kappa shape index (κ3) is 1.88. The second kappa shape index (κ2) is 5.38. The smallest absolute Gasteiger partial charge is 0.186 e. The molecule has 0 unspecified atom stereocenters. The van der Waals surface area contributed by atoms with Crippen molar-refractivity contribution in [2.75, 3.05) is 0 Å². The lowest BCUT2D eigenvalue weighted by Crippen LogP contribution is -1.99. The average molecular weight is 346 g/mol. The molecule has 24 heavy (non-hydrogen) atoms. The monoisotopic (exact) mass is 346 g/mol. The maximum absolute atomic E-state index is 12.3. The van der Waals surface area contributed by atoms with Crippen LogP contribution in [0.25, 0.3) is 20.6 Å². The topological polar surface area (TPSA) is 81.7 Å². The van der Waals surface area contributed by atoms with Crippen LogP contribution in [0.4, 0.5) is 0 Å². The van der Waals surface area contributed by atoms with Crippen molar-refractivity contribution in [1.82, 2.24) is 0 Å². The lowest BCUT2D eigenvalue weighted by molar-refractivity contribution is 0.102. The normalized spacial score (nSPS) is 14.8. The van der Waals surface area contributed by atoms with E-state index in [2.05, 4.69) is 10.8 Å². The van der Waals surface area contributed by atoms with E-state index in [1.54, 1.807) is 24.3 Å². The van der Waals surface area contributed by atoms with Crippen molar-refractivity contribution in [3.8, 4) is 10.8 Å². The fourth-order valence-corrected chi connectivity index (χ4v) is 4.55.